The molecule has 2 rings (SSSR count). The van der Waals surface area contributed by atoms with Crippen LogP contribution in [0.4, 0.5) is 20.2 Å². The number of hydrogen-bond acceptors (Lipinski definition) is 8. The fourth-order valence-electron chi connectivity index (χ4n) is 3.17. The molecule has 4 N–H and O–H groups in total. The summed E-state index contributed by atoms with van der Waals surface area (Å²) in [6, 6.07) is 6.99. The van der Waals surface area contributed by atoms with Crippen LogP contribution in [0.3, 0.4) is 0 Å². The maximum absolute atomic E-state index is 14.4. The number of benzene rings is 2. The first-order valence-electron chi connectivity index (χ1n) is 10.2. The van der Waals surface area contributed by atoms with Gasteiger partial charge in [-0.05, 0) is 24.3 Å². The SMILES string of the molecule is O=C(O)CN(CC(=O)O)c1cccc(F)c1OCCOc1c(F)cccc1N(CC(=O)O)CC(=O)O. The number of hydrogen-bond donors (Lipinski definition) is 4. The van der Waals surface area contributed by atoms with Gasteiger partial charge >= 0.3 is 23.9 Å². The third-order valence-corrected chi connectivity index (χ3v) is 4.45. The van der Waals surface area contributed by atoms with E-state index < -0.39 is 86.4 Å². The molecule has 2 aromatic carbocycles. The smallest absolute Gasteiger partial charge is 0.323 e. The quantitative estimate of drug-likeness (QED) is 0.253. The Morgan fingerprint density at radius 2 is 0.917 bits per heavy atom. The van der Waals surface area contributed by atoms with Crippen LogP contribution >= 0.6 is 0 Å². The van der Waals surface area contributed by atoms with Crippen molar-refractivity contribution in [3.05, 3.63) is 48.0 Å². The number of carboxylic acids is 4. The van der Waals surface area contributed by atoms with Gasteiger partial charge < -0.3 is 39.7 Å². The second-order valence-corrected chi connectivity index (χ2v) is 7.16. The van der Waals surface area contributed by atoms with Crippen molar-refractivity contribution in [3.63, 3.8) is 0 Å². The summed E-state index contributed by atoms with van der Waals surface area (Å²) in [5, 5.41) is 36.2. The highest BCUT2D eigenvalue weighted by atomic mass is 19.1. The predicted octanol–water partition coefficient (Wildman–Crippen LogP) is 1.37. The topological polar surface area (TPSA) is 174 Å². The number of nitrogens with zero attached hydrogens (tertiary/aromatic N) is 2. The van der Waals surface area contributed by atoms with Gasteiger partial charge in [0.2, 0.25) is 0 Å². The van der Waals surface area contributed by atoms with E-state index in [1.165, 1.54) is 24.3 Å². The lowest BCUT2D eigenvalue weighted by Gasteiger charge is -2.25. The molecular formula is C22H22F2N2O10. The molecule has 0 heterocycles. The van der Waals surface area contributed by atoms with Gasteiger partial charge in [-0.15, -0.1) is 0 Å². The lowest BCUT2D eigenvalue weighted by atomic mass is 10.2. The Morgan fingerprint density at radius 1 is 0.611 bits per heavy atom. The first-order valence-corrected chi connectivity index (χ1v) is 10.2. The molecule has 0 saturated heterocycles. The van der Waals surface area contributed by atoms with Crippen molar-refractivity contribution >= 4 is 35.3 Å². The Labute approximate surface area is 202 Å². The minimum atomic E-state index is -1.37. The van der Waals surface area contributed by atoms with E-state index in [1.54, 1.807) is 0 Å². The highest BCUT2D eigenvalue weighted by Gasteiger charge is 2.22. The molecule has 12 nitrogen and oxygen atoms in total. The summed E-state index contributed by atoms with van der Waals surface area (Å²) in [6.07, 6.45) is 0. The average Bonchev–Trinajstić information content (AvgIpc) is 2.76. The molecular weight excluding hydrogens is 490 g/mol. The Hall–Kier alpha value is -4.62. The molecule has 0 aromatic heterocycles. The molecule has 0 bridgehead atoms. The van der Waals surface area contributed by atoms with Crippen molar-refractivity contribution in [2.45, 2.75) is 0 Å². The molecule has 36 heavy (non-hydrogen) atoms. The third-order valence-electron chi connectivity index (χ3n) is 4.45. The van der Waals surface area contributed by atoms with Gasteiger partial charge in [-0.25, -0.2) is 8.78 Å². The molecule has 0 unspecified atom stereocenters. The first kappa shape index (κ1) is 27.6. The highest BCUT2D eigenvalue weighted by Crippen LogP contribution is 2.33. The van der Waals surface area contributed by atoms with Crippen molar-refractivity contribution in [2.75, 3.05) is 49.2 Å². The lowest BCUT2D eigenvalue weighted by molar-refractivity contribution is -0.138. The second-order valence-electron chi connectivity index (χ2n) is 7.16. The molecule has 0 aliphatic carbocycles. The Kier molecular flexibility index (Phi) is 9.77. The number of halogens is 2. The number of anilines is 2. The fourth-order valence-corrected chi connectivity index (χ4v) is 3.17. The van der Waals surface area contributed by atoms with Gasteiger partial charge in [0.15, 0.2) is 23.1 Å². The van der Waals surface area contributed by atoms with E-state index in [1.807, 2.05) is 0 Å². The molecule has 0 saturated carbocycles. The highest BCUT2D eigenvalue weighted by molar-refractivity contribution is 5.82. The summed E-state index contributed by atoms with van der Waals surface area (Å²) in [5.74, 6) is -8.24. The number of para-hydroxylation sites is 2. The van der Waals surface area contributed by atoms with E-state index in [4.69, 9.17) is 29.9 Å². The third kappa shape index (κ3) is 8.00. The van der Waals surface area contributed by atoms with Crippen LogP contribution in [0.25, 0.3) is 0 Å². The Morgan fingerprint density at radius 3 is 1.19 bits per heavy atom. The molecule has 14 heteroatoms. The van der Waals surface area contributed by atoms with Crippen molar-refractivity contribution < 1.29 is 57.9 Å². The van der Waals surface area contributed by atoms with Crippen LogP contribution in [0.15, 0.2) is 36.4 Å². The second kappa shape index (κ2) is 12.7. The number of ether oxygens (including phenoxy) is 2. The normalized spacial score (nSPS) is 10.4. The van der Waals surface area contributed by atoms with E-state index in [-0.39, 0.29) is 11.4 Å². The summed E-state index contributed by atoms with van der Waals surface area (Å²) in [7, 11) is 0. The maximum atomic E-state index is 14.4. The molecule has 0 amide bonds. The fraction of sp³-hybridized carbons (Fsp3) is 0.273. The van der Waals surface area contributed by atoms with Crippen molar-refractivity contribution in [2.24, 2.45) is 0 Å². The van der Waals surface area contributed by atoms with Gasteiger partial charge in [0, 0.05) is 0 Å². The van der Waals surface area contributed by atoms with E-state index >= 15 is 0 Å². The molecule has 194 valence electrons. The number of aliphatic carboxylic acids is 4. The summed E-state index contributed by atoms with van der Waals surface area (Å²) >= 11 is 0. The van der Waals surface area contributed by atoms with Crippen LogP contribution in [0.1, 0.15) is 0 Å². The summed E-state index contributed by atoms with van der Waals surface area (Å²) in [5.41, 5.74) is -0.305. The maximum Gasteiger partial charge on any atom is 0.323 e. The van der Waals surface area contributed by atoms with Gasteiger partial charge in [-0.1, -0.05) is 12.1 Å². The van der Waals surface area contributed by atoms with Crippen molar-refractivity contribution in [1.29, 1.82) is 0 Å². The predicted molar refractivity (Wildman–Crippen MR) is 119 cm³/mol. The van der Waals surface area contributed by atoms with Crippen LogP contribution in [0, 0.1) is 11.6 Å². The Balaban J connectivity index is 2.21. The zero-order chi connectivity index (χ0) is 26.8. The van der Waals surface area contributed by atoms with E-state index in [9.17, 15) is 28.0 Å². The van der Waals surface area contributed by atoms with E-state index in [0.29, 0.717) is 0 Å². The van der Waals surface area contributed by atoms with Crippen molar-refractivity contribution in [1.82, 2.24) is 0 Å². The van der Waals surface area contributed by atoms with Crippen molar-refractivity contribution in [3.8, 4) is 11.5 Å². The van der Waals surface area contributed by atoms with E-state index in [2.05, 4.69) is 0 Å². The summed E-state index contributed by atoms with van der Waals surface area (Å²) < 4.78 is 39.6. The largest absolute Gasteiger partial charge is 0.485 e. The molecule has 0 aliphatic heterocycles. The van der Waals surface area contributed by atoms with E-state index in [0.717, 1.165) is 21.9 Å². The number of rotatable bonds is 15. The van der Waals surface area contributed by atoms with Gasteiger partial charge in [0.1, 0.15) is 39.4 Å². The summed E-state index contributed by atoms with van der Waals surface area (Å²) in [4.78, 5) is 46.3. The average molecular weight is 512 g/mol. The van der Waals surface area contributed by atoms with Crippen LogP contribution in [0.5, 0.6) is 11.5 Å². The first-order chi connectivity index (χ1) is 17.0. The standard InChI is InChI=1S/C22H22F2N2O10/c23-13-3-1-5-15(25(9-17(27)28)10-18(29)30)21(13)35-7-8-36-22-14(24)4-2-6-16(22)26(11-19(31)32)12-20(33)34/h1-6H,7-12H2,(H,27,28)(H,29,30)(H,31,32)(H,33,34). The minimum Gasteiger partial charge on any atom is -0.485 e. The van der Waals surface area contributed by atoms with Gasteiger partial charge in [0.25, 0.3) is 0 Å². The molecule has 0 radical (unpaired) electrons. The van der Waals surface area contributed by atoms with Crippen LogP contribution in [0.2, 0.25) is 0 Å². The minimum absolute atomic E-state index is 0.152. The lowest BCUT2D eigenvalue weighted by Crippen LogP contribution is -2.35. The molecule has 0 fully saturated rings. The summed E-state index contributed by atoms with van der Waals surface area (Å²) in [6.45, 7) is -3.89. The monoisotopic (exact) mass is 512 g/mol. The molecule has 0 aliphatic rings. The van der Waals surface area contributed by atoms with Gasteiger partial charge in [0.05, 0.1) is 11.4 Å². The van der Waals surface area contributed by atoms with Crippen LogP contribution in [-0.4, -0.2) is 83.7 Å². The van der Waals surface area contributed by atoms with Gasteiger partial charge in [-0.3, -0.25) is 19.2 Å². The van der Waals surface area contributed by atoms with Crippen LogP contribution < -0.4 is 19.3 Å². The zero-order valence-electron chi connectivity index (χ0n) is 18.6. The number of carboxylic acid groups (broad SMARTS) is 4. The molecule has 0 spiro atoms. The Bertz CT molecular complexity index is 1010. The molecule has 2 aromatic rings. The number of carbonyl (C=O) groups is 4. The van der Waals surface area contributed by atoms with Crippen LogP contribution in [-0.2, 0) is 19.2 Å². The molecule has 0 atom stereocenters. The van der Waals surface area contributed by atoms with Gasteiger partial charge in [-0.2, -0.15) is 0 Å². The zero-order valence-corrected chi connectivity index (χ0v) is 18.6.